The Labute approximate surface area is 89.0 Å². The van der Waals surface area contributed by atoms with E-state index in [-0.39, 0.29) is 18.1 Å². The van der Waals surface area contributed by atoms with Crippen molar-refractivity contribution in [2.45, 2.75) is 12.1 Å². The van der Waals surface area contributed by atoms with Gasteiger partial charge in [-0.05, 0) is 12.2 Å². The van der Waals surface area contributed by atoms with E-state index in [1.54, 1.807) is 6.08 Å². The third-order valence-corrected chi connectivity index (χ3v) is 2.59. The van der Waals surface area contributed by atoms with Crippen molar-refractivity contribution in [3.8, 4) is 0 Å². The van der Waals surface area contributed by atoms with E-state index in [4.69, 9.17) is 0 Å². The molecule has 0 bridgehead atoms. The Hall–Kier alpha value is -1.17. The lowest BCUT2D eigenvalue weighted by Crippen LogP contribution is -2.34. The highest BCUT2D eigenvalue weighted by molar-refractivity contribution is 9.11. The minimum atomic E-state index is -0.368. The van der Waals surface area contributed by atoms with E-state index < -0.39 is 0 Å². The number of hydrogen-bond acceptors (Lipinski definition) is 5. The fourth-order valence-corrected chi connectivity index (χ4v) is 1.97. The van der Waals surface area contributed by atoms with Crippen LogP contribution in [0.2, 0.25) is 0 Å². The van der Waals surface area contributed by atoms with Gasteiger partial charge in [-0.1, -0.05) is 21.2 Å². The Morgan fingerprint density at radius 1 is 1.71 bits per heavy atom. The van der Waals surface area contributed by atoms with Gasteiger partial charge in [0.15, 0.2) is 0 Å². The topological polar surface area (TPSA) is 63.0 Å². The molecule has 1 N–H and O–H groups in total. The standard InChI is InChI=1S/C8H8BrN3O2/c1-14-8(13)5-2-4(9)3-6-7(5)11-12-10-6/h2-3,6-7H,1H3,(H,10,11). The molecule has 2 atom stereocenters. The molecule has 0 radical (unpaired) electrons. The minimum absolute atomic E-state index is 0.0523. The van der Waals surface area contributed by atoms with Crippen molar-refractivity contribution in [3.05, 3.63) is 22.2 Å². The van der Waals surface area contributed by atoms with Crippen LogP contribution in [0.4, 0.5) is 0 Å². The summed E-state index contributed by atoms with van der Waals surface area (Å²) in [5, 5.41) is 7.61. The highest BCUT2D eigenvalue weighted by atomic mass is 79.9. The first-order valence-electron chi connectivity index (χ1n) is 4.05. The van der Waals surface area contributed by atoms with Gasteiger partial charge in [0, 0.05) is 4.48 Å². The number of nitrogens with zero attached hydrogens (tertiary/aromatic N) is 2. The predicted octanol–water partition coefficient (Wildman–Crippen LogP) is 1.09. The van der Waals surface area contributed by atoms with Crippen LogP contribution in [-0.2, 0) is 9.53 Å². The second-order valence-electron chi connectivity index (χ2n) is 2.96. The molecular weight excluding hydrogens is 250 g/mol. The molecule has 1 aliphatic carbocycles. The summed E-state index contributed by atoms with van der Waals surface area (Å²) in [5.74, 6) is -0.368. The lowest BCUT2D eigenvalue weighted by Gasteiger charge is -2.19. The fraction of sp³-hybridized carbons (Fsp3) is 0.375. The maximum atomic E-state index is 11.4. The van der Waals surface area contributed by atoms with E-state index >= 15 is 0 Å². The minimum Gasteiger partial charge on any atom is -0.466 e. The lowest BCUT2D eigenvalue weighted by atomic mass is 9.96. The molecule has 0 aromatic heterocycles. The van der Waals surface area contributed by atoms with Gasteiger partial charge in [0.25, 0.3) is 0 Å². The first-order chi connectivity index (χ1) is 6.72. The summed E-state index contributed by atoms with van der Waals surface area (Å²) in [4.78, 5) is 11.4. The summed E-state index contributed by atoms with van der Waals surface area (Å²) < 4.78 is 5.49. The van der Waals surface area contributed by atoms with Gasteiger partial charge < -0.3 is 4.74 Å². The Morgan fingerprint density at radius 2 is 2.50 bits per heavy atom. The number of hydrogen-bond donors (Lipinski definition) is 1. The second-order valence-corrected chi connectivity index (χ2v) is 3.87. The summed E-state index contributed by atoms with van der Waals surface area (Å²) in [5.41, 5.74) is 3.32. The van der Waals surface area contributed by atoms with Crippen LogP contribution in [0, 0.1) is 0 Å². The number of methoxy groups -OCH3 is 1. The number of ether oxygens (including phenoxy) is 1. The first kappa shape index (κ1) is 9.39. The largest absolute Gasteiger partial charge is 0.466 e. The molecule has 0 saturated carbocycles. The molecule has 1 heterocycles. The maximum absolute atomic E-state index is 11.4. The molecule has 0 aromatic carbocycles. The van der Waals surface area contributed by atoms with Crippen molar-refractivity contribution in [1.29, 1.82) is 0 Å². The summed E-state index contributed by atoms with van der Waals surface area (Å²) in [6.45, 7) is 0. The molecular formula is C8H8BrN3O2. The van der Waals surface area contributed by atoms with Gasteiger partial charge in [-0.3, -0.25) is 5.43 Å². The number of nitrogens with one attached hydrogen (secondary N) is 1. The number of halogens is 1. The quantitative estimate of drug-likeness (QED) is 0.716. The Bertz CT molecular complexity index is 362. The molecule has 6 heteroatoms. The van der Waals surface area contributed by atoms with Crippen LogP contribution >= 0.6 is 15.9 Å². The first-order valence-corrected chi connectivity index (χ1v) is 4.84. The molecule has 1 aliphatic heterocycles. The third kappa shape index (κ3) is 1.45. The van der Waals surface area contributed by atoms with Gasteiger partial charge in [0.05, 0.1) is 18.7 Å². The van der Waals surface area contributed by atoms with Crippen molar-refractivity contribution in [2.24, 2.45) is 10.3 Å². The van der Waals surface area contributed by atoms with Gasteiger partial charge in [-0.2, -0.15) is 5.11 Å². The average molecular weight is 258 g/mol. The van der Waals surface area contributed by atoms with Crippen LogP contribution in [0.25, 0.3) is 0 Å². The summed E-state index contributed by atoms with van der Waals surface area (Å²) in [7, 11) is 1.35. The number of esters is 1. The monoisotopic (exact) mass is 257 g/mol. The predicted molar refractivity (Wildman–Crippen MR) is 52.7 cm³/mol. The zero-order chi connectivity index (χ0) is 10.1. The number of fused-ring (bicyclic) bond motifs is 1. The van der Waals surface area contributed by atoms with Crippen molar-refractivity contribution >= 4 is 21.9 Å². The van der Waals surface area contributed by atoms with E-state index in [2.05, 4.69) is 36.4 Å². The van der Waals surface area contributed by atoms with Gasteiger partial charge in [0.2, 0.25) is 0 Å². The van der Waals surface area contributed by atoms with E-state index in [1.165, 1.54) is 7.11 Å². The van der Waals surface area contributed by atoms with Gasteiger partial charge in [-0.15, -0.1) is 0 Å². The van der Waals surface area contributed by atoms with Crippen molar-refractivity contribution in [3.63, 3.8) is 0 Å². The Kier molecular flexibility index (Phi) is 2.37. The molecule has 0 fully saturated rings. The van der Waals surface area contributed by atoms with Crippen LogP contribution in [0.1, 0.15) is 0 Å². The molecule has 2 aliphatic rings. The number of rotatable bonds is 1. The third-order valence-electron chi connectivity index (χ3n) is 2.10. The second kappa shape index (κ2) is 3.53. The number of carbonyl (C=O) groups excluding carboxylic acids is 1. The number of carbonyl (C=O) groups is 1. The smallest absolute Gasteiger partial charge is 0.336 e. The molecule has 0 saturated heterocycles. The van der Waals surface area contributed by atoms with E-state index in [0.717, 1.165) is 4.48 Å². The van der Waals surface area contributed by atoms with Crippen molar-refractivity contribution in [2.75, 3.05) is 7.11 Å². The molecule has 2 unspecified atom stereocenters. The Morgan fingerprint density at radius 3 is 3.21 bits per heavy atom. The fourth-order valence-electron chi connectivity index (χ4n) is 1.44. The molecule has 0 aromatic rings. The van der Waals surface area contributed by atoms with Crippen LogP contribution in [0.3, 0.4) is 0 Å². The SMILES string of the molecule is COC(=O)C1=CC(Br)=CC2NN=NC12. The van der Waals surface area contributed by atoms with E-state index in [1.807, 2.05) is 6.08 Å². The highest BCUT2D eigenvalue weighted by Gasteiger charge is 2.34. The summed E-state index contributed by atoms with van der Waals surface area (Å²) in [6, 6.07) is -0.313. The summed E-state index contributed by atoms with van der Waals surface area (Å²) in [6.07, 6.45) is 3.62. The molecule has 14 heavy (non-hydrogen) atoms. The van der Waals surface area contributed by atoms with E-state index in [9.17, 15) is 4.79 Å². The molecule has 74 valence electrons. The van der Waals surface area contributed by atoms with Crippen molar-refractivity contribution in [1.82, 2.24) is 5.43 Å². The summed E-state index contributed by atoms with van der Waals surface area (Å²) >= 11 is 3.32. The van der Waals surface area contributed by atoms with Gasteiger partial charge >= 0.3 is 5.97 Å². The van der Waals surface area contributed by atoms with Crippen LogP contribution in [0.15, 0.2) is 32.5 Å². The maximum Gasteiger partial charge on any atom is 0.336 e. The molecule has 0 spiro atoms. The van der Waals surface area contributed by atoms with E-state index in [0.29, 0.717) is 5.57 Å². The molecule has 2 rings (SSSR count). The molecule has 5 nitrogen and oxygen atoms in total. The lowest BCUT2D eigenvalue weighted by molar-refractivity contribution is -0.136. The van der Waals surface area contributed by atoms with Crippen LogP contribution in [-0.4, -0.2) is 25.2 Å². The van der Waals surface area contributed by atoms with Crippen LogP contribution < -0.4 is 5.43 Å². The number of allylic oxidation sites excluding steroid dienone is 2. The van der Waals surface area contributed by atoms with Crippen molar-refractivity contribution < 1.29 is 9.53 Å². The Balaban J connectivity index is 2.33. The molecule has 0 amide bonds. The average Bonchev–Trinajstić information content (AvgIpc) is 2.62. The van der Waals surface area contributed by atoms with Crippen LogP contribution in [0.5, 0.6) is 0 Å². The normalized spacial score (nSPS) is 28.7. The van der Waals surface area contributed by atoms with Gasteiger partial charge in [-0.25, -0.2) is 4.79 Å². The zero-order valence-electron chi connectivity index (χ0n) is 7.40. The highest BCUT2D eigenvalue weighted by Crippen LogP contribution is 2.27. The van der Waals surface area contributed by atoms with Gasteiger partial charge in [0.1, 0.15) is 6.04 Å². The zero-order valence-corrected chi connectivity index (χ0v) is 8.98.